The molecule has 1 aliphatic heterocycles. The summed E-state index contributed by atoms with van der Waals surface area (Å²) in [6, 6.07) is 14.9. The predicted octanol–water partition coefficient (Wildman–Crippen LogP) is 4.95. The lowest BCUT2D eigenvalue weighted by Crippen LogP contribution is -2.43. The van der Waals surface area contributed by atoms with Gasteiger partial charge in [0.05, 0.1) is 6.61 Å². The van der Waals surface area contributed by atoms with E-state index < -0.39 is 12.5 Å². The van der Waals surface area contributed by atoms with Crippen LogP contribution in [0.4, 0.5) is 14.7 Å². The van der Waals surface area contributed by atoms with Gasteiger partial charge in [-0.05, 0) is 80.7 Å². The first-order valence-electron chi connectivity index (χ1n) is 12.3. The van der Waals surface area contributed by atoms with E-state index >= 15 is 0 Å². The van der Waals surface area contributed by atoms with E-state index in [1.54, 1.807) is 0 Å². The third kappa shape index (κ3) is 8.41. The van der Waals surface area contributed by atoms with Crippen molar-refractivity contribution in [2.75, 3.05) is 31.3 Å². The van der Waals surface area contributed by atoms with Crippen LogP contribution in [-0.2, 0) is 11.3 Å². The van der Waals surface area contributed by atoms with Crippen molar-refractivity contribution in [3.05, 3.63) is 59.9 Å². The summed E-state index contributed by atoms with van der Waals surface area (Å²) in [5.74, 6) is 2.10. The number of halogens is 2. The molecule has 4 rings (SSSR count). The second-order valence-electron chi connectivity index (χ2n) is 9.28. The number of benzene rings is 2. The number of H-pyrrole nitrogens is 1. The molecule has 0 unspecified atom stereocenters. The third-order valence-electron chi connectivity index (χ3n) is 5.65. The van der Waals surface area contributed by atoms with Crippen molar-refractivity contribution in [1.29, 1.82) is 0 Å². The minimum absolute atomic E-state index is 0.224. The number of hydrogen-bond acceptors (Lipinski definition) is 6. The number of hydrogen-bond donors (Lipinski definition) is 2. The summed E-state index contributed by atoms with van der Waals surface area (Å²) in [5, 5.41) is 11.0. The molecule has 7 nitrogen and oxygen atoms in total. The van der Waals surface area contributed by atoms with E-state index in [9.17, 15) is 13.6 Å². The Kier molecular flexibility index (Phi) is 10.4. The van der Waals surface area contributed by atoms with E-state index in [0.29, 0.717) is 31.1 Å². The van der Waals surface area contributed by atoms with E-state index in [4.69, 9.17) is 9.72 Å². The molecule has 36 heavy (non-hydrogen) atoms. The minimum Gasteiger partial charge on any atom is -0.493 e. The Labute approximate surface area is 211 Å². The van der Waals surface area contributed by atoms with Crippen molar-refractivity contribution in [2.45, 2.75) is 46.2 Å². The Balaban J connectivity index is 0.000000658. The molecule has 1 aromatic heterocycles. The lowest BCUT2D eigenvalue weighted by Gasteiger charge is -2.34. The molecule has 194 valence electrons. The zero-order chi connectivity index (χ0) is 25.9. The van der Waals surface area contributed by atoms with Crippen molar-refractivity contribution < 1.29 is 18.3 Å². The summed E-state index contributed by atoms with van der Waals surface area (Å²) < 4.78 is 29.9. The third-order valence-corrected chi connectivity index (χ3v) is 5.65. The number of ether oxygens (including phenoxy) is 1. The molecule has 0 atom stereocenters. The molecule has 1 fully saturated rings. The summed E-state index contributed by atoms with van der Waals surface area (Å²) in [4.78, 5) is 16.5. The molecule has 0 saturated carbocycles. The maximum Gasteiger partial charge on any atom is 0.245 e. The van der Waals surface area contributed by atoms with E-state index in [-0.39, 0.29) is 5.82 Å². The van der Waals surface area contributed by atoms with Gasteiger partial charge in [0.2, 0.25) is 5.95 Å². The fourth-order valence-corrected chi connectivity index (χ4v) is 3.75. The van der Waals surface area contributed by atoms with Crippen LogP contribution in [0.1, 0.15) is 39.2 Å². The number of anilines is 1. The van der Waals surface area contributed by atoms with Crippen LogP contribution in [0, 0.1) is 11.7 Å². The SMILES string of the molecule is CC(=O)CF.CC(C)COc1ccc(-c2nc(N(Cc3ccc(F)cc3)C3CCNCC3)n[nH]2)cc1. The molecule has 2 aromatic carbocycles. The lowest BCUT2D eigenvalue weighted by atomic mass is 10.0. The van der Waals surface area contributed by atoms with Gasteiger partial charge in [0, 0.05) is 18.2 Å². The van der Waals surface area contributed by atoms with Crippen LogP contribution >= 0.6 is 0 Å². The number of nitrogens with zero attached hydrogens (tertiary/aromatic N) is 3. The smallest absolute Gasteiger partial charge is 0.245 e. The maximum atomic E-state index is 13.3. The number of Topliss-reactive ketones (excluding diaryl/α,β-unsaturated/α-hetero) is 1. The Morgan fingerprint density at radius 1 is 1.11 bits per heavy atom. The first-order chi connectivity index (χ1) is 17.4. The van der Waals surface area contributed by atoms with Gasteiger partial charge in [-0.25, -0.2) is 8.78 Å². The second-order valence-corrected chi connectivity index (χ2v) is 9.28. The second kappa shape index (κ2) is 13.7. The van der Waals surface area contributed by atoms with Crippen LogP contribution in [0.2, 0.25) is 0 Å². The molecular formula is C27H35F2N5O2. The molecule has 2 heterocycles. The van der Waals surface area contributed by atoms with E-state index in [2.05, 4.69) is 34.3 Å². The zero-order valence-electron chi connectivity index (χ0n) is 21.1. The molecule has 0 spiro atoms. The van der Waals surface area contributed by atoms with E-state index in [1.165, 1.54) is 19.1 Å². The Hall–Kier alpha value is -3.33. The molecule has 3 aromatic rings. The van der Waals surface area contributed by atoms with Gasteiger partial charge < -0.3 is 15.0 Å². The van der Waals surface area contributed by atoms with E-state index in [0.717, 1.165) is 48.6 Å². The van der Waals surface area contributed by atoms with Crippen LogP contribution in [0.25, 0.3) is 11.4 Å². The molecule has 0 bridgehead atoms. The van der Waals surface area contributed by atoms with Crippen molar-refractivity contribution in [3.63, 3.8) is 0 Å². The van der Waals surface area contributed by atoms with Crippen LogP contribution < -0.4 is 15.0 Å². The molecule has 2 N–H and O–H groups in total. The summed E-state index contributed by atoms with van der Waals surface area (Å²) in [6.45, 7) is 7.92. The number of aromatic nitrogens is 3. The highest BCUT2D eigenvalue weighted by molar-refractivity contribution is 5.76. The standard InChI is InChI=1S/C24H30FN5O.C3H5FO/c1-17(2)16-31-22-9-5-19(6-10-22)23-27-24(29-28-23)30(21-11-13-26-14-12-21)15-18-3-7-20(25)8-4-18;1-3(5)2-4/h3-10,17,21,26H,11-16H2,1-2H3,(H,27,28,29);2H2,1H3. The normalized spacial score (nSPS) is 13.7. The van der Waals surface area contributed by atoms with Gasteiger partial charge in [-0.3, -0.25) is 9.89 Å². The number of piperidine rings is 1. The molecule has 1 aliphatic rings. The molecule has 9 heteroatoms. The van der Waals surface area contributed by atoms with Gasteiger partial charge in [0.15, 0.2) is 11.6 Å². The molecule has 0 amide bonds. The predicted molar refractivity (Wildman–Crippen MR) is 137 cm³/mol. The number of rotatable bonds is 9. The molecule has 1 saturated heterocycles. The number of alkyl halides is 1. The monoisotopic (exact) mass is 499 g/mol. The number of carbonyl (C=O) groups is 1. The van der Waals surface area contributed by atoms with Gasteiger partial charge in [0.1, 0.15) is 18.2 Å². The minimum atomic E-state index is -0.833. The summed E-state index contributed by atoms with van der Waals surface area (Å²) >= 11 is 0. The Morgan fingerprint density at radius 2 is 1.75 bits per heavy atom. The van der Waals surface area contributed by atoms with Crippen molar-refractivity contribution in [2.24, 2.45) is 5.92 Å². The lowest BCUT2D eigenvalue weighted by molar-refractivity contribution is -0.117. The average molecular weight is 500 g/mol. The number of nitrogens with one attached hydrogen (secondary N) is 2. The van der Waals surface area contributed by atoms with Crippen molar-refractivity contribution in [1.82, 2.24) is 20.5 Å². The Bertz CT molecular complexity index is 1060. The molecule has 0 radical (unpaired) electrons. The first kappa shape index (κ1) is 27.3. The molecular weight excluding hydrogens is 464 g/mol. The highest BCUT2D eigenvalue weighted by Gasteiger charge is 2.25. The first-order valence-corrected chi connectivity index (χ1v) is 12.3. The number of aromatic amines is 1. The summed E-state index contributed by atoms with van der Waals surface area (Å²) in [7, 11) is 0. The topological polar surface area (TPSA) is 83.1 Å². The van der Waals surface area contributed by atoms with Crippen LogP contribution in [0.3, 0.4) is 0 Å². The maximum absolute atomic E-state index is 13.3. The van der Waals surface area contributed by atoms with Gasteiger partial charge in [-0.1, -0.05) is 26.0 Å². The fourth-order valence-electron chi connectivity index (χ4n) is 3.75. The fraction of sp³-hybridized carbons (Fsp3) is 0.444. The zero-order valence-corrected chi connectivity index (χ0v) is 21.1. The summed E-state index contributed by atoms with van der Waals surface area (Å²) in [5.41, 5.74) is 2.00. The van der Waals surface area contributed by atoms with Crippen molar-refractivity contribution >= 4 is 11.7 Å². The average Bonchev–Trinajstić information content (AvgIpc) is 3.38. The number of carbonyl (C=O) groups excluding carboxylic acids is 1. The van der Waals surface area contributed by atoms with Gasteiger partial charge in [0.25, 0.3) is 0 Å². The molecule has 0 aliphatic carbocycles. The van der Waals surface area contributed by atoms with Crippen LogP contribution in [0.15, 0.2) is 48.5 Å². The van der Waals surface area contributed by atoms with E-state index in [1.807, 2.05) is 36.4 Å². The van der Waals surface area contributed by atoms with Crippen LogP contribution in [-0.4, -0.2) is 53.4 Å². The van der Waals surface area contributed by atoms with Gasteiger partial charge in [-0.15, -0.1) is 5.10 Å². The summed E-state index contributed by atoms with van der Waals surface area (Å²) in [6.07, 6.45) is 2.04. The van der Waals surface area contributed by atoms with Gasteiger partial charge >= 0.3 is 0 Å². The Morgan fingerprint density at radius 3 is 2.33 bits per heavy atom. The largest absolute Gasteiger partial charge is 0.493 e. The highest BCUT2D eigenvalue weighted by atomic mass is 19.1. The van der Waals surface area contributed by atoms with Crippen molar-refractivity contribution in [3.8, 4) is 17.1 Å². The van der Waals surface area contributed by atoms with Crippen LogP contribution in [0.5, 0.6) is 5.75 Å². The van der Waals surface area contributed by atoms with Gasteiger partial charge in [-0.2, -0.15) is 4.98 Å². The quantitative estimate of drug-likeness (QED) is 0.434. The highest BCUT2D eigenvalue weighted by Crippen LogP contribution is 2.25. The number of ketones is 1.